The molecule has 0 unspecified atom stereocenters. The average Bonchev–Trinajstić information content (AvgIpc) is 3.64. The maximum absolute atomic E-state index is 2.52. The Morgan fingerprint density at radius 1 is 0.322 bits per heavy atom. The van der Waals surface area contributed by atoms with Crippen molar-refractivity contribution in [2.75, 3.05) is 14.7 Å². The molecule has 0 atom stereocenters. The lowest BCUT2D eigenvalue weighted by atomic mass is 9.33. The summed E-state index contributed by atoms with van der Waals surface area (Å²) in [6.45, 7) is 0.0269. The summed E-state index contributed by atoms with van der Waals surface area (Å²) < 4.78 is 2.42. The molecule has 12 rings (SSSR count). The van der Waals surface area contributed by atoms with Gasteiger partial charge in [-0.15, -0.1) is 0 Å². The van der Waals surface area contributed by atoms with Crippen LogP contribution in [0.2, 0.25) is 0 Å². The molecule has 276 valence electrons. The highest BCUT2D eigenvalue weighted by Gasteiger charge is 2.43. The van der Waals surface area contributed by atoms with Gasteiger partial charge in [-0.1, -0.05) is 133 Å². The lowest BCUT2D eigenvalue weighted by molar-refractivity contribution is 1.18. The fourth-order valence-corrected chi connectivity index (χ4v) is 9.70. The summed E-state index contributed by atoms with van der Waals surface area (Å²) >= 11 is 0. The molecule has 0 saturated heterocycles. The number of aromatic nitrogens is 1. The Morgan fingerprint density at radius 3 is 1.41 bits per heavy atom. The zero-order chi connectivity index (χ0) is 38.9. The maximum atomic E-state index is 2.52. The van der Waals surface area contributed by atoms with Crippen molar-refractivity contribution >= 4 is 96.1 Å². The number of anilines is 9. The van der Waals surface area contributed by atoms with Crippen molar-refractivity contribution in [2.24, 2.45) is 0 Å². The van der Waals surface area contributed by atoms with Crippen LogP contribution in [0.4, 0.5) is 51.2 Å². The van der Waals surface area contributed by atoms with Crippen LogP contribution >= 0.6 is 0 Å². The summed E-state index contributed by atoms with van der Waals surface area (Å²) in [5.41, 5.74) is 17.6. The van der Waals surface area contributed by atoms with Crippen LogP contribution in [0.5, 0.6) is 0 Å². The summed E-state index contributed by atoms with van der Waals surface area (Å²) in [5, 5.41) is 2.48. The highest BCUT2D eigenvalue weighted by atomic mass is 15.2. The van der Waals surface area contributed by atoms with Gasteiger partial charge in [0.25, 0.3) is 6.71 Å². The fraction of sp³-hybridized carbons (Fsp3) is 0. The number of para-hydroxylation sites is 7. The van der Waals surface area contributed by atoms with Crippen LogP contribution in [0.1, 0.15) is 0 Å². The highest BCUT2D eigenvalue weighted by molar-refractivity contribution is 7.00. The van der Waals surface area contributed by atoms with Gasteiger partial charge in [-0.2, -0.15) is 0 Å². The second-order valence-corrected chi connectivity index (χ2v) is 15.4. The topological polar surface area (TPSA) is 14.7 Å². The predicted molar refractivity (Wildman–Crippen MR) is 249 cm³/mol. The number of rotatable bonds is 6. The fourth-order valence-electron chi connectivity index (χ4n) is 9.70. The molecule has 9 aromatic carbocycles. The molecule has 3 heterocycles. The summed E-state index contributed by atoms with van der Waals surface area (Å²) in [4.78, 5) is 7.39. The molecule has 4 nitrogen and oxygen atoms in total. The van der Waals surface area contributed by atoms with Crippen molar-refractivity contribution in [1.29, 1.82) is 0 Å². The number of fused-ring (bicyclic) bond motifs is 7. The van der Waals surface area contributed by atoms with Crippen LogP contribution < -0.4 is 31.1 Å². The molecule has 0 fully saturated rings. The van der Waals surface area contributed by atoms with Gasteiger partial charge >= 0.3 is 0 Å². The molecule has 0 radical (unpaired) electrons. The number of nitrogens with zero attached hydrogens (tertiary/aromatic N) is 4. The number of hydrogen-bond acceptors (Lipinski definition) is 3. The number of hydrogen-bond donors (Lipinski definition) is 0. The minimum atomic E-state index is 0.0269. The van der Waals surface area contributed by atoms with Gasteiger partial charge in [0.1, 0.15) is 0 Å². The molecule has 0 spiro atoms. The molecule has 5 heteroatoms. The predicted octanol–water partition coefficient (Wildman–Crippen LogP) is 12.3. The first kappa shape index (κ1) is 33.4. The van der Waals surface area contributed by atoms with Gasteiger partial charge in [0.05, 0.1) is 16.7 Å². The van der Waals surface area contributed by atoms with Gasteiger partial charge in [-0.05, 0) is 107 Å². The standard InChI is InChI=1S/C54H37BN4/c1-5-19-38(20-6-1)56(39-21-7-2-8-22-39)43-36-52-54-53(37-43)59(42-33-34-45-44-27-13-16-30-48(44)57(51(45)35-42)40-23-9-3-10-24-40)50-32-18-15-29-47(50)55(54)46-28-14-17-31-49(46)58(52)41-25-11-4-12-26-41/h1-37H. The Hall–Kier alpha value is -7.76. The largest absolute Gasteiger partial charge is 0.311 e. The second-order valence-electron chi connectivity index (χ2n) is 15.4. The van der Waals surface area contributed by atoms with E-state index >= 15 is 0 Å². The van der Waals surface area contributed by atoms with Crippen LogP contribution in [-0.4, -0.2) is 11.3 Å². The van der Waals surface area contributed by atoms with E-state index in [0.717, 1.165) is 39.8 Å². The van der Waals surface area contributed by atoms with E-state index in [-0.39, 0.29) is 6.71 Å². The summed E-state index contributed by atoms with van der Waals surface area (Å²) in [5.74, 6) is 0. The first-order chi connectivity index (χ1) is 29.3. The average molecular weight is 753 g/mol. The minimum Gasteiger partial charge on any atom is -0.311 e. The molecular formula is C54H37BN4. The minimum absolute atomic E-state index is 0.0269. The molecule has 0 N–H and O–H groups in total. The Kier molecular flexibility index (Phi) is 7.60. The van der Waals surface area contributed by atoms with Gasteiger partial charge in [-0.3, -0.25) is 0 Å². The Labute approximate surface area is 344 Å². The van der Waals surface area contributed by atoms with Gasteiger partial charge in [0.2, 0.25) is 0 Å². The maximum Gasteiger partial charge on any atom is 0.252 e. The van der Waals surface area contributed by atoms with Crippen molar-refractivity contribution in [3.8, 4) is 5.69 Å². The molecule has 0 aliphatic carbocycles. The van der Waals surface area contributed by atoms with Crippen LogP contribution in [0, 0.1) is 0 Å². The van der Waals surface area contributed by atoms with Crippen molar-refractivity contribution in [2.45, 2.75) is 0 Å². The molecule has 59 heavy (non-hydrogen) atoms. The Balaban J connectivity index is 1.19. The van der Waals surface area contributed by atoms with E-state index in [4.69, 9.17) is 0 Å². The van der Waals surface area contributed by atoms with Gasteiger partial charge < -0.3 is 19.3 Å². The smallest absolute Gasteiger partial charge is 0.252 e. The summed E-state index contributed by atoms with van der Waals surface area (Å²) in [7, 11) is 0. The molecule has 2 aliphatic rings. The third-order valence-electron chi connectivity index (χ3n) is 12.1. The lowest BCUT2D eigenvalue weighted by Crippen LogP contribution is -2.61. The zero-order valence-corrected chi connectivity index (χ0v) is 32.2. The summed E-state index contributed by atoms with van der Waals surface area (Å²) in [6, 6.07) is 81.7. The van der Waals surface area contributed by atoms with Crippen LogP contribution in [-0.2, 0) is 0 Å². The third-order valence-corrected chi connectivity index (χ3v) is 12.1. The van der Waals surface area contributed by atoms with Crippen molar-refractivity contribution in [3.63, 3.8) is 0 Å². The third kappa shape index (κ3) is 5.18. The highest BCUT2D eigenvalue weighted by Crippen LogP contribution is 2.48. The summed E-state index contributed by atoms with van der Waals surface area (Å²) in [6.07, 6.45) is 0. The van der Waals surface area contributed by atoms with Crippen molar-refractivity contribution in [1.82, 2.24) is 4.57 Å². The van der Waals surface area contributed by atoms with Gasteiger partial charge in [0.15, 0.2) is 0 Å². The van der Waals surface area contributed by atoms with E-state index in [9.17, 15) is 0 Å². The van der Waals surface area contributed by atoms with Crippen LogP contribution in [0.3, 0.4) is 0 Å². The van der Waals surface area contributed by atoms with E-state index in [1.54, 1.807) is 0 Å². The quantitative estimate of drug-likeness (QED) is 0.157. The number of benzene rings is 9. The molecule has 0 bridgehead atoms. The van der Waals surface area contributed by atoms with Crippen molar-refractivity contribution < 1.29 is 0 Å². The van der Waals surface area contributed by atoms with E-state index in [1.165, 1.54) is 55.3 Å². The monoisotopic (exact) mass is 752 g/mol. The molecule has 0 saturated carbocycles. The molecule has 1 aromatic heterocycles. The van der Waals surface area contributed by atoms with Crippen LogP contribution in [0.15, 0.2) is 224 Å². The first-order valence-corrected chi connectivity index (χ1v) is 20.3. The van der Waals surface area contributed by atoms with E-state index < -0.39 is 0 Å². The Bertz CT molecular complexity index is 3140. The second kappa shape index (κ2) is 13.4. The SMILES string of the molecule is c1ccc(N(c2ccccc2)c2cc3c4c(c2)N(c2ccc5c6ccccc6n(-c6ccccc6)c5c2)c2ccccc2B4c2ccccc2N3c2ccccc2)cc1. The zero-order valence-electron chi connectivity index (χ0n) is 32.2. The van der Waals surface area contributed by atoms with Crippen molar-refractivity contribution in [3.05, 3.63) is 224 Å². The lowest BCUT2D eigenvalue weighted by Gasteiger charge is -2.45. The molecular weight excluding hydrogens is 715 g/mol. The van der Waals surface area contributed by atoms with E-state index in [1.807, 2.05) is 0 Å². The van der Waals surface area contributed by atoms with Crippen LogP contribution in [0.25, 0.3) is 27.5 Å². The normalized spacial score (nSPS) is 12.6. The van der Waals surface area contributed by atoms with E-state index in [2.05, 4.69) is 244 Å². The molecule has 10 aromatic rings. The van der Waals surface area contributed by atoms with Gasteiger partial charge in [-0.25, -0.2) is 0 Å². The molecule has 0 amide bonds. The molecule has 2 aliphatic heterocycles. The Morgan fingerprint density at radius 2 is 0.797 bits per heavy atom. The van der Waals surface area contributed by atoms with E-state index in [0.29, 0.717) is 0 Å². The first-order valence-electron chi connectivity index (χ1n) is 20.3. The van der Waals surface area contributed by atoms with Gasteiger partial charge in [0, 0.05) is 62.0 Å².